The number of aromatic nitrogens is 1. The molecule has 0 N–H and O–H groups in total. The Morgan fingerprint density at radius 2 is 2.28 bits per heavy atom. The van der Waals surface area contributed by atoms with Crippen LogP contribution in [0.5, 0.6) is 5.75 Å². The van der Waals surface area contributed by atoms with Gasteiger partial charge in [0, 0.05) is 23.2 Å². The van der Waals surface area contributed by atoms with Gasteiger partial charge < -0.3 is 4.74 Å². The third-order valence-electron chi connectivity index (χ3n) is 2.49. The normalized spacial score (nSPS) is 10.4. The van der Waals surface area contributed by atoms with Gasteiger partial charge in [0.15, 0.2) is 5.78 Å². The number of ether oxygens (including phenoxy) is 1. The fourth-order valence-corrected chi connectivity index (χ4v) is 2.55. The Bertz CT molecular complexity index is 580. The van der Waals surface area contributed by atoms with Crippen LogP contribution >= 0.6 is 22.9 Å². The van der Waals surface area contributed by atoms with Gasteiger partial charge in [-0.25, -0.2) is 4.98 Å². The Balaban J connectivity index is 2.23. The van der Waals surface area contributed by atoms with Crippen LogP contribution in [0.1, 0.15) is 20.2 Å². The zero-order chi connectivity index (χ0) is 13.1. The molecular weight excluding hydrogens is 270 g/mol. The lowest BCUT2D eigenvalue weighted by atomic mass is 10.1. The lowest BCUT2D eigenvalue weighted by Gasteiger charge is -2.07. The largest absolute Gasteiger partial charge is 0.496 e. The molecule has 1 heterocycles. The van der Waals surface area contributed by atoms with Crippen molar-refractivity contribution in [2.75, 3.05) is 7.11 Å². The fourth-order valence-electron chi connectivity index (χ4n) is 1.64. The van der Waals surface area contributed by atoms with Crippen LogP contribution < -0.4 is 4.74 Å². The molecule has 0 spiro atoms. The number of benzene rings is 1. The summed E-state index contributed by atoms with van der Waals surface area (Å²) in [7, 11) is 1.58. The van der Waals surface area contributed by atoms with E-state index in [1.54, 1.807) is 31.5 Å². The molecule has 0 amide bonds. The number of hydrogen-bond donors (Lipinski definition) is 0. The summed E-state index contributed by atoms with van der Waals surface area (Å²) in [4.78, 5) is 16.8. The molecule has 1 aromatic carbocycles. The van der Waals surface area contributed by atoms with Gasteiger partial charge in [0.05, 0.1) is 17.0 Å². The maximum absolute atomic E-state index is 12.1. The van der Waals surface area contributed by atoms with Crippen molar-refractivity contribution < 1.29 is 9.53 Å². The van der Waals surface area contributed by atoms with Crippen molar-refractivity contribution in [1.29, 1.82) is 0 Å². The van der Waals surface area contributed by atoms with E-state index in [4.69, 9.17) is 16.3 Å². The Hall–Kier alpha value is -1.39. The molecule has 18 heavy (non-hydrogen) atoms. The van der Waals surface area contributed by atoms with Crippen LogP contribution in [0, 0.1) is 6.92 Å². The van der Waals surface area contributed by atoms with Crippen molar-refractivity contribution in [2.45, 2.75) is 13.3 Å². The van der Waals surface area contributed by atoms with E-state index in [0.717, 1.165) is 10.6 Å². The molecule has 0 saturated heterocycles. The van der Waals surface area contributed by atoms with Crippen molar-refractivity contribution in [3.63, 3.8) is 0 Å². The minimum atomic E-state index is 0.0289. The summed E-state index contributed by atoms with van der Waals surface area (Å²) in [6, 6.07) is 5.26. The summed E-state index contributed by atoms with van der Waals surface area (Å²) < 4.78 is 5.22. The van der Waals surface area contributed by atoms with Crippen LogP contribution in [-0.4, -0.2) is 17.9 Å². The standard InChI is InChI=1S/C13H12ClNO2S/c1-8-15-7-13(18-8)11(16)6-9-5-10(14)3-4-12(9)17-2/h3-5,7H,6H2,1-2H3. The first-order valence-electron chi connectivity index (χ1n) is 5.38. The van der Waals surface area contributed by atoms with Crippen molar-refractivity contribution in [3.8, 4) is 5.75 Å². The van der Waals surface area contributed by atoms with Crippen LogP contribution in [0.15, 0.2) is 24.4 Å². The smallest absolute Gasteiger partial charge is 0.178 e. The van der Waals surface area contributed by atoms with Gasteiger partial charge in [-0.2, -0.15) is 0 Å². The Morgan fingerprint density at radius 1 is 1.50 bits per heavy atom. The first kappa shape index (κ1) is 13.1. The van der Waals surface area contributed by atoms with E-state index in [0.29, 0.717) is 15.6 Å². The molecule has 94 valence electrons. The second-order valence-corrected chi connectivity index (χ2v) is 5.47. The van der Waals surface area contributed by atoms with Gasteiger partial charge in [-0.3, -0.25) is 4.79 Å². The van der Waals surface area contributed by atoms with Gasteiger partial charge in [-0.1, -0.05) is 11.6 Å². The van der Waals surface area contributed by atoms with Gasteiger partial charge in [-0.15, -0.1) is 11.3 Å². The highest BCUT2D eigenvalue weighted by Gasteiger charge is 2.13. The lowest BCUT2D eigenvalue weighted by Crippen LogP contribution is -2.03. The minimum absolute atomic E-state index is 0.0289. The molecule has 3 nitrogen and oxygen atoms in total. The molecule has 0 aliphatic rings. The molecule has 0 atom stereocenters. The number of ketones is 1. The maximum Gasteiger partial charge on any atom is 0.178 e. The number of Topliss-reactive ketones (excluding diaryl/α,β-unsaturated/α-hetero) is 1. The number of methoxy groups -OCH3 is 1. The molecule has 0 unspecified atom stereocenters. The van der Waals surface area contributed by atoms with E-state index in [-0.39, 0.29) is 12.2 Å². The highest BCUT2D eigenvalue weighted by atomic mass is 35.5. The summed E-state index contributed by atoms with van der Waals surface area (Å²) in [6.07, 6.45) is 1.88. The van der Waals surface area contributed by atoms with E-state index in [1.165, 1.54) is 11.3 Å². The van der Waals surface area contributed by atoms with Crippen LogP contribution in [0.3, 0.4) is 0 Å². The van der Waals surface area contributed by atoms with Gasteiger partial charge in [0.1, 0.15) is 5.75 Å². The van der Waals surface area contributed by atoms with E-state index < -0.39 is 0 Å². The topological polar surface area (TPSA) is 39.2 Å². The van der Waals surface area contributed by atoms with Crippen LogP contribution in [0.2, 0.25) is 5.02 Å². The van der Waals surface area contributed by atoms with Crippen molar-refractivity contribution in [1.82, 2.24) is 4.98 Å². The monoisotopic (exact) mass is 281 g/mol. The van der Waals surface area contributed by atoms with E-state index in [1.807, 2.05) is 6.92 Å². The molecule has 0 radical (unpaired) electrons. The molecule has 2 aromatic rings. The minimum Gasteiger partial charge on any atom is -0.496 e. The second kappa shape index (κ2) is 5.50. The summed E-state index contributed by atoms with van der Waals surface area (Å²) >= 11 is 7.33. The summed E-state index contributed by atoms with van der Waals surface area (Å²) in [6.45, 7) is 1.88. The predicted molar refractivity (Wildman–Crippen MR) is 72.9 cm³/mol. The maximum atomic E-state index is 12.1. The number of aryl methyl sites for hydroxylation is 1. The number of halogens is 1. The van der Waals surface area contributed by atoms with E-state index >= 15 is 0 Å². The Kier molecular flexibility index (Phi) is 3.99. The average Bonchev–Trinajstić information content (AvgIpc) is 2.76. The third-order valence-corrected chi connectivity index (χ3v) is 3.68. The Morgan fingerprint density at radius 3 is 2.89 bits per heavy atom. The number of thiazole rings is 1. The van der Waals surface area contributed by atoms with Gasteiger partial charge in [0.25, 0.3) is 0 Å². The summed E-state index contributed by atoms with van der Waals surface area (Å²) in [5, 5.41) is 1.48. The molecule has 5 heteroatoms. The predicted octanol–water partition coefficient (Wildman–Crippen LogP) is 3.54. The van der Waals surface area contributed by atoms with E-state index in [2.05, 4.69) is 4.98 Å². The first-order chi connectivity index (χ1) is 8.60. The zero-order valence-electron chi connectivity index (χ0n) is 10.1. The highest BCUT2D eigenvalue weighted by molar-refractivity contribution is 7.13. The molecule has 0 bridgehead atoms. The van der Waals surface area contributed by atoms with Gasteiger partial charge in [0.2, 0.25) is 0 Å². The fraction of sp³-hybridized carbons (Fsp3) is 0.231. The molecule has 1 aromatic heterocycles. The van der Waals surface area contributed by atoms with E-state index in [9.17, 15) is 4.79 Å². The quantitative estimate of drug-likeness (QED) is 0.805. The van der Waals surface area contributed by atoms with Gasteiger partial charge >= 0.3 is 0 Å². The molecule has 0 aliphatic carbocycles. The first-order valence-corrected chi connectivity index (χ1v) is 6.57. The molecule has 0 aliphatic heterocycles. The van der Waals surface area contributed by atoms with Gasteiger partial charge in [-0.05, 0) is 25.1 Å². The number of carbonyl (C=O) groups excluding carboxylic acids is 1. The number of carbonyl (C=O) groups is 1. The number of nitrogens with zero attached hydrogens (tertiary/aromatic N) is 1. The lowest BCUT2D eigenvalue weighted by molar-refractivity contribution is 0.0996. The number of rotatable bonds is 4. The number of hydrogen-bond acceptors (Lipinski definition) is 4. The molecular formula is C13H12ClNO2S. The van der Waals surface area contributed by atoms with Crippen molar-refractivity contribution in [3.05, 3.63) is 44.9 Å². The average molecular weight is 282 g/mol. The zero-order valence-corrected chi connectivity index (χ0v) is 11.6. The molecule has 0 fully saturated rings. The summed E-state index contributed by atoms with van der Waals surface area (Å²) in [5.74, 6) is 0.704. The molecule has 2 rings (SSSR count). The van der Waals surface area contributed by atoms with Crippen LogP contribution in [0.4, 0.5) is 0 Å². The third kappa shape index (κ3) is 2.89. The highest BCUT2D eigenvalue weighted by Crippen LogP contribution is 2.25. The second-order valence-electron chi connectivity index (χ2n) is 3.80. The van der Waals surface area contributed by atoms with Crippen molar-refractivity contribution >= 4 is 28.7 Å². The SMILES string of the molecule is COc1ccc(Cl)cc1CC(=O)c1cnc(C)s1. The Labute approximate surface area is 114 Å². The summed E-state index contributed by atoms with van der Waals surface area (Å²) in [5.41, 5.74) is 0.793. The molecule has 0 saturated carbocycles. The van der Waals surface area contributed by atoms with Crippen molar-refractivity contribution in [2.24, 2.45) is 0 Å². The van der Waals surface area contributed by atoms with Crippen LogP contribution in [-0.2, 0) is 6.42 Å². The van der Waals surface area contributed by atoms with Crippen LogP contribution in [0.25, 0.3) is 0 Å².